The summed E-state index contributed by atoms with van der Waals surface area (Å²) in [5.74, 6) is 1.39. The summed E-state index contributed by atoms with van der Waals surface area (Å²) >= 11 is 5.67. The third kappa shape index (κ3) is 4.90. The molecule has 8 heteroatoms. The van der Waals surface area contributed by atoms with Crippen molar-refractivity contribution in [2.24, 2.45) is 0 Å². The molecule has 6 nitrogen and oxygen atoms in total. The Labute approximate surface area is 198 Å². The van der Waals surface area contributed by atoms with Gasteiger partial charge >= 0.3 is 0 Å². The number of hydrogen-bond acceptors (Lipinski definition) is 5. The van der Waals surface area contributed by atoms with Gasteiger partial charge in [0.2, 0.25) is 5.82 Å². The summed E-state index contributed by atoms with van der Waals surface area (Å²) in [6.07, 6.45) is 2.04. The fraction of sp³-hybridized carbons (Fsp3) is 0.320. The van der Waals surface area contributed by atoms with Crippen molar-refractivity contribution >= 4 is 22.9 Å². The van der Waals surface area contributed by atoms with Crippen LogP contribution in [0.3, 0.4) is 0 Å². The van der Waals surface area contributed by atoms with Crippen LogP contribution < -0.4 is 10.1 Å². The van der Waals surface area contributed by atoms with E-state index in [1.165, 1.54) is 12.1 Å². The summed E-state index contributed by atoms with van der Waals surface area (Å²) in [6, 6.07) is 13.6. The van der Waals surface area contributed by atoms with E-state index in [-0.39, 0.29) is 11.9 Å². The number of ether oxygens (including phenoxy) is 1. The Morgan fingerprint density at radius 1 is 1.12 bits per heavy atom. The van der Waals surface area contributed by atoms with Gasteiger partial charge in [0, 0.05) is 17.8 Å². The minimum absolute atomic E-state index is 0.292. The van der Waals surface area contributed by atoms with E-state index < -0.39 is 0 Å². The van der Waals surface area contributed by atoms with E-state index in [0.29, 0.717) is 23.4 Å². The van der Waals surface area contributed by atoms with Crippen LogP contribution in [-0.2, 0) is 0 Å². The zero-order valence-electron chi connectivity index (χ0n) is 19.0. The standard InChI is InChI=1S/C25H27FN4O2S/c1-4-6-15-30-16(3)21(22(27-25(30)33)17-7-11-19(26)12-8-17)24-28-23(29-32-24)18-9-13-20(14-10-18)31-5-2/h7-14,22H,4-6,15H2,1-3H3,(H,27,33). The van der Waals surface area contributed by atoms with Crippen molar-refractivity contribution in [3.63, 3.8) is 0 Å². The molecule has 1 unspecified atom stereocenters. The number of rotatable bonds is 8. The van der Waals surface area contributed by atoms with Crippen LogP contribution in [-0.4, -0.2) is 33.3 Å². The molecule has 4 rings (SSSR count). The van der Waals surface area contributed by atoms with Crippen molar-refractivity contribution in [2.45, 2.75) is 39.7 Å². The minimum atomic E-state index is -0.329. The van der Waals surface area contributed by atoms with Crippen LogP contribution in [0.5, 0.6) is 5.75 Å². The van der Waals surface area contributed by atoms with Crippen LogP contribution in [0.15, 0.2) is 58.8 Å². The highest BCUT2D eigenvalue weighted by atomic mass is 32.1. The third-order valence-electron chi connectivity index (χ3n) is 5.61. The molecule has 0 saturated heterocycles. The van der Waals surface area contributed by atoms with Crippen LogP contribution in [0.1, 0.15) is 51.1 Å². The van der Waals surface area contributed by atoms with Crippen molar-refractivity contribution in [1.29, 1.82) is 0 Å². The van der Waals surface area contributed by atoms with Gasteiger partial charge in [0.1, 0.15) is 11.6 Å². The second-order valence-electron chi connectivity index (χ2n) is 7.82. The van der Waals surface area contributed by atoms with Gasteiger partial charge in [-0.1, -0.05) is 30.6 Å². The molecular formula is C25H27FN4O2S. The molecule has 0 amide bonds. The van der Waals surface area contributed by atoms with Gasteiger partial charge in [-0.2, -0.15) is 4.98 Å². The van der Waals surface area contributed by atoms with Crippen LogP contribution in [0, 0.1) is 5.82 Å². The molecule has 1 aromatic heterocycles. The first-order chi connectivity index (χ1) is 16.0. The summed E-state index contributed by atoms with van der Waals surface area (Å²) in [4.78, 5) is 6.77. The Kier molecular flexibility index (Phi) is 7.03. The Hall–Kier alpha value is -3.26. The molecule has 1 N–H and O–H groups in total. The molecule has 0 fully saturated rings. The van der Waals surface area contributed by atoms with Gasteiger partial charge in [0.25, 0.3) is 5.89 Å². The molecule has 2 aromatic carbocycles. The first kappa shape index (κ1) is 22.9. The van der Waals surface area contributed by atoms with Crippen molar-refractivity contribution in [3.8, 4) is 17.1 Å². The van der Waals surface area contributed by atoms with E-state index in [9.17, 15) is 4.39 Å². The molecule has 0 spiro atoms. The first-order valence-electron chi connectivity index (χ1n) is 11.1. The molecule has 1 atom stereocenters. The second-order valence-corrected chi connectivity index (χ2v) is 8.21. The average Bonchev–Trinajstić information content (AvgIpc) is 3.29. The van der Waals surface area contributed by atoms with E-state index >= 15 is 0 Å². The predicted octanol–water partition coefficient (Wildman–Crippen LogP) is 5.74. The van der Waals surface area contributed by atoms with Gasteiger partial charge in [-0.25, -0.2) is 4.39 Å². The molecular weight excluding hydrogens is 439 g/mol. The number of halogens is 1. The lowest BCUT2D eigenvalue weighted by atomic mass is 9.94. The molecule has 3 aromatic rings. The number of nitrogens with zero attached hydrogens (tertiary/aromatic N) is 3. The average molecular weight is 467 g/mol. The summed E-state index contributed by atoms with van der Waals surface area (Å²) < 4.78 is 24.8. The quantitative estimate of drug-likeness (QED) is 0.425. The maximum Gasteiger partial charge on any atom is 0.258 e. The monoisotopic (exact) mass is 466 g/mol. The van der Waals surface area contributed by atoms with E-state index in [0.717, 1.165) is 47.5 Å². The zero-order chi connectivity index (χ0) is 23.4. The molecule has 1 aliphatic rings. The highest BCUT2D eigenvalue weighted by Crippen LogP contribution is 2.37. The number of nitrogens with one attached hydrogen (secondary N) is 1. The first-order valence-corrected chi connectivity index (χ1v) is 11.5. The number of allylic oxidation sites excluding steroid dienone is 1. The van der Waals surface area contributed by atoms with Gasteiger partial charge in [-0.05, 0) is 74.4 Å². The van der Waals surface area contributed by atoms with Crippen molar-refractivity contribution in [1.82, 2.24) is 20.4 Å². The van der Waals surface area contributed by atoms with Crippen LogP contribution in [0.25, 0.3) is 17.0 Å². The molecule has 1 aliphatic heterocycles. The molecule has 2 heterocycles. The fourth-order valence-electron chi connectivity index (χ4n) is 3.87. The number of thiocarbonyl (C=S) groups is 1. The molecule has 0 saturated carbocycles. The predicted molar refractivity (Wildman–Crippen MR) is 130 cm³/mol. The van der Waals surface area contributed by atoms with Crippen molar-refractivity contribution in [3.05, 3.63) is 71.5 Å². The highest BCUT2D eigenvalue weighted by molar-refractivity contribution is 7.80. The van der Waals surface area contributed by atoms with E-state index in [2.05, 4.69) is 22.3 Å². The molecule has 172 valence electrons. The van der Waals surface area contributed by atoms with Gasteiger partial charge in [0.15, 0.2) is 5.11 Å². The van der Waals surface area contributed by atoms with E-state index in [1.54, 1.807) is 12.1 Å². The molecule has 0 bridgehead atoms. The van der Waals surface area contributed by atoms with E-state index in [4.69, 9.17) is 26.5 Å². The number of unbranched alkanes of at least 4 members (excludes halogenated alkanes) is 1. The van der Waals surface area contributed by atoms with Gasteiger partial charge in [-0.15, -0.1) is 0 Å². The topological polar surface area (TPSA) is 63.4 Å². The van der Waals surface area contributed by atoms with Crippen molar-refractivity contribution in [2.75, 3.05) is 13.2 Å². The van der Waals surface area contributed by atoms with Gasteiger partial charge in [-0.3, -0.25) is 0 Å². The Balaban J connectivity index is 1.74. The molecule has 33 heavy (non-hydrogen) atoms. The number of benzene rings is 2. The number of aromatic nitrogens is 2. The fourth-order valence-corrected chi connectivity index (χ4v) is 4.21. The minimum Gasteiger partial charge on any atom is -0.494 e. The van der Waals surface area contributed by atoms with Crippen LogP contribution in [0.4, 0.5) is 4.39 Å². The normalized spacial score (nSPS) is 16.2. The zero-order valence-corrected chi connectivity index (χ0v) is 19.8. The van der Waals surface area contributed by atoms with Gasteiger partial charge < -0.3 is 19.5 Å². The smallest absolute Gasteiger partial charge is 0.258 e. The summed E-state index contributed by atoms with van der Waals surface area (Å²) in [5.41, 5.74) is 3.47. The maximum atomic E-state index is 13.6. The van der Waals surface area contributed by atoms with Crippen molar-refractivity contribution < 1.29 is 13.7 Å². The second kappa shape index (κ2) is 10.1. The van der Waals surface area contributed by atoms with Gasteiger partial charge in [0.05, 0.1) is 18.2 Å². The summed E-state index contributed by atoms with van der Waals surface area (Å²) in [6.45, 7) is 7.49. The largest absolute Gasteiger partial charge is 0.494 e. The van der Waals surface area contributed by atoms with Crippen LogP contribution in [0.2, 0.25) is 0 Å². The summed E-state index contributed by atoms with van der Waals surface area (Å²) in [7, 11) is 0. The maximum absolute atomic E-state index is 13.6. The Morgan fingerprint density at radius 3 is 2.52 bits per heavy atom. The summed E-state index contributed by atoms with van der Waals surface area (Å²) in [5, 5.41) is 8.24. The lowest BCUT2D eigenvalue weighted by molar-refractivity contribution is 0.340. The lowest BCUT2D eigenvalue weighted by Crippen LogP contribution is -2.46. The Morgan fingerprint density at radius 2 is 1.85 bits per heavy atom. The molecule has 0 radical (unpaired) electrons. The lowest BCUT2D eigenvalue weighted by Gasteiger charge is -2.37. The molecule has 0 aliphatic carbocycles. The van der Waals surface area contributed by atoms with Crippen LogP contribution >= 0.6 is 12.2 Å². The SMILES string of the molecule is CCCCN1C(=S)NC(c2ccc(F)cc2)C(c2nc(-c3ccc(OCC)cc3)no2)=C1C. The number of hydrogen-bond donors (Lipinski definition) is 1. The Bertz CT molecular complexity index is 1140. The highest BCUT2D eigenvalue weighted by Gasteiger charge is 2.33. The van der Waals surface area contributed by atoms with E-state index in [1.807, 2.05) is 38.1 Å². The third-order valence-corrected chi connectivity index (χ3v) is 5.95.